The predicted molar refractivity (Wildman–Crippen MR) is 77.0 cm³/mol. The molecule has 0 spiro atoms. The molecule has 9 heteroatoms. The summed E-state index contributed by atoms with van der Waals surface area (Å²) in [5, 5.41) is -0.535. The number of benzene rings is 1. The van der Waals surface area contributed by atoms with Crippen molar-refractivity contribution in [2.45, 2.75) is 30.0 Å². The fourth-order valence-electron chi connectivity index (χ4n) is 2.35. The number of nitrogens with zero attached hydrogens (tertiary/aromatic N) is 1. The molecule has 0 amide bonds. The van der Waals surface area contributed by atoms with E-state index < -0.39 is 37.7 Å². The zero-order valence-corrected chi connectivity index (χ0v) is 13.3. The number of nitrogens with two attached hydrogens (primary N) is 1. The highest BCUT2D eigenvalue weighted by Gasteiger charge is 2.39. The van der Waals surface area contributed by atoms with Crippen molar-refractivity contribution in [3.8, 4) is 0 Å². The molecule has 1 fully saturated rings. The topological polar surface area (TPSA) is 63.4 Å². The van der Waals surface area contributed by atoms with Gasteiger partial charge in [0.15, 0.2) is 0 Å². The maximum absolute atomic E-state index is 12.9. The zero-order valence-electron chi connectivity index (χ0n) is 11.8. The monoisotopic (exact) mass is 356 g/mol. The van der Waals surface area contributed by atoms with Crippen molar-refractivity contribution in [3.63, 3.8) is 0 Å². The van der Waals surface area contributed by atoms with Crippen LogP contribution in [0.15, 0.2) is 23.1 Å². The molecule has 0 heterocycles. The standard InChI is InChI=1S/C13H16ClF3N2O2S/c1-19(12(7-18)8-2-3-8)22(20,21)9-4-5-11(14)10(6-9)13(15,16)17/h4-6,8,12H,2-3,7,18H2,1H3. The molecule has 0 aromatic heterocycles. The van der Waals surface area contributed by atoms with E-state index in [0.29, 0.717) is 6.07 Å². The summed E-state index contributed by atoms with van der Waals surface area (Å²) in [4.78, 5) is -0.439. The Kier molecular flexibility index (Phi) is 4.77. The summed E-state index contributed by atoms with van der Waals surface area (Å²) in [5.41, 5.74) is 4.44. The lowest BCUT2D eigenvalue weighted by molar-refractivity contribution is -0.137. The van der Waals surface area contributed by atoms with Crippen molar-refractivity contribution in [2.24, 2.45) is 11.7 Å². The molecule has 4 nitrogen and oxygen atoms in total. The first-order chi connectivity index (χ1) is 10.1. The van der Waals surface area contributed by atoms with Crippen LogP contribution in [0.3, 0.4) is 0 Å². The van der Waals surface area contributed by atoms with Crippen LogP contribution in [-0.2, 0) is 16.2 Å². The van der Waals surface area contributed by atoms with E-state index in [-0.39, 0.29) is 12.5 Å². The first-order valence-electron chi connectivity index (χ1n) is 6.64. The van der Waals surface area contributed by atoms with E-state index >= 15 is 0 Å². The van der Waals surface area contributed by atoms with E-state index in [1.54, 1.807) is 0 Å². The van der Waals surface area contributed by atoms with Crippen molar-refractivity contribution in [2.75, 3.05) is 13.6 Å². The predicted octanol–water partition coefficient (Wildman–Crippen LogP) is 2.72. The molecule has 2 rings (SSSR count). The van der Waals surface area contributed by atoms with Crippen LogP contribution in [0.1, 0.15) is 18.4 Å². The maximum atomic E-state index is 12.9. The van der Waals surface area contributed by atoms with Gasteiger partial charge < -0.3 is 5.73 Å². The quantitative estimate of drug-likeness (QED) is 0.882. The molecule has 1 unspecified atom stereocenters. The van der Waals surface area contributed by atoms with Crippen LogP contribution in [0.4, 0.5) is 13.2 Å². The van der Waals surface area contributed by atoms with Gasteiger partial charge in [0.1, 0.15) is 0 Å². The summed E-state index contributed by atoms with van der Waals surface area (Å²) in [6, 6.07) is 2.17. The average Bonchev–Trinajstić information content (AvgIpc) is 3.23. The van der Waals surface area contributed by atoms with Gasteiger partial charge in [-0.15, -0.1) is 0 Å². The number of hydrogen-bond donors (Lipinski definition) is 1. The van der Waals surface area contributed by atoms with E-state index in [4.69, 9.17) is 17.3 Å². The lowest BCUT2D eigenvalue weighted by atomic mass is 10.2. The van der Waals surface area contributed by atoms with Crippen molar-refractivity contribution in [1.82, 2.24) is 4.31 Å². The minimum absolute atomic E-state index is 0.125. The van der Waals surface area contributed by atoms with Crippen molar-refractivity contribution in [3.05, 3.63) is 28.8 Å². The van der Waals surface area contributed by atoms with Crippen LogP contribution >= 0.6 is 11.6 Å². The van der Waals surface area contributed by atoms with Crippen LogP contribution < -0.4 is 5.73 Å². The Hall–Kier alpha value is -0.830. The second-order valence-corrected chi connectivity index (χ2v) is 7.71. The number of hydrogen-bond acceptors (Lipinski definition) is 3. The molecule has 1 aromatic rings. The van der Waals surface area contributed by atoms with Crippen LogP contribution in [0, 0.1) is 5.92 Å². The van der Waals surface area contributed by atoms with Gasteiger partial charge in [0.25, 0.3) is 0 Å². The molecular weight excluding hydrogens is 341 g/mol. The molecule has 1 saturated carbocycles. The van der Waals surface area contributed by atoms with Crippen molar-refractivity contribution < 1.29 is 21.6 Å². The van der Waals surface area contributed by atoms with Gasteiger partial charge in [-0.3, -0.25) is 0 Å². The highest BCUT2D eigenvalue weighted by atomic mass is 35.5. The third kappa shape index (κ3) is 3.40. The Balaban J connectivity index is 2.41. The van der Waals surface area contributed by atoms with Crippen molar-refractivity contribution >= 4 is 21.6 Å². The first kappa shape index (κ1) is 17.5. The second-order valence-electron chi connectivity index (χ2n) is 5.30. The highest BCUT2D eigenvalue weighted by molar-refractivity contribution is 7.89. The molecule has 22 heavy (non-hydrogen) atoms. The van der Waals surface area contributed by atoms with Gasteiger partial charge in [-0.2, -0.15) is 17.5 Å². The summed E-state index contributed by atoms with van der Waals surface area (Å²) in [6.07, 6.45) is -2.97. The second kappa shape index (κ2) is 5.99. The number of rotatable bonds is 5. The first-order valence-corrected chi connectivity index (χ1v) is 8.45. The summed E-state index contributed by atoms with van der Waals surface area (Å²) < 4.78 is 64.7. The number of alkyl halides is 3. The normalized spacial score (nSPS) is 17.8. The molecule has 2 N–H and O–H groups in total. The molecule has 124 valence electrons. The van der Waals surface area contributed by atoms with Gasteiger partial charge in [-0.25, -0.2) is 8.42 Å². The Labute approximate surface area is 132 Å². The number of likely N-dealkylation sites (N-methyl/N-ethyl adjacent to an activating group) is 1. The molecule has 0 saturated heterocycles. The van der Waals surface area contributed by atoms with E-state index in [9.17, 15) is 21.6 Å². The van der Waals surface area contributed by atoms with Crippen LogP contribution in [-0.4, -0.2) is 32.4 Å². The minimum Gasteiger partial charge on any atom is -0.329 e. The minimum atomic E-state index is -4.72. The molecule has 1 atom stereocenters. The third-order valence-electron chi connectivity index (χ3n) is 3.79. The van der Waals surface area contributed by atoms with E-state index in [0.717, 1.165) is 29.3 Å². The van der Waals surface area contributed by atoms with E-state index in [1.807, 2.05) is 0 Å². The van der Waals surface area contributed by atoms with Crippen LogP contribution in [0.5, 0.6) is 0 Å². The highest BCUT2D eigenvalue weighted by Crippen LogP contribution is 2.38. The van der Waals surface area contributed by atoms with Gasteiger partial charge in [-0.05, 0) is 37.0 Å². The molecule has 0 radical (unpaired) electrons. The Morgan fingerprint density at radius 3 is 2.45 bits per heavy atom. The summed E-state index contributed by atoms with van der Waals surface area (Å²) >= 11 is 5.51. The molecule has 1 aliphatic carbocycles. The van der Waals surface area contributed by atoms with Gasteiger partial charge >= 0.3 is 6.18 Å². The molecule has 1 aromatic carbocycles. The lowest BCUT2D eigenvalue weighted by Crippen LogP contribution is -2.43. The average molecular weight is 357 g/mol. The fraction of sp³-hybridized carbons (Fsp3) is 0.538. The van der Waals surface area contributed by atoms with E-state index in [2.05, 4.69) is 0 Å². The van der Waals surface area contributed by atoms with E-state index in [1.165, 1.54) is 7.05 Å². The largest absolute Gasteiger partial charge is 0.417 e. The van der Waals surface area contributed by atoms with Gasteiger partial charge in [-0.1, -0.05) is 11.6 Å². The zero-order chi connectivity index (χ0) is 16.7. The molecule has 0 bridgehead atoms. The SMILES string of the molecule is CN(C(CN)C1CC1)S(=O)(=O)c1ccc(Cl)c(C(F)(F)F)c1. The summed E-state index contributed by atoms with van der Waals surface area (Å²) in [5.74, 6) is 0.166. The van der Waals surface area contributed by atoms with Crippen molar-refractivity contribution in [1.29, 1.82) is 0 Å². The molecule has 1 aliphatic rings. The fourth-order valence-corrected chi connectivity index (χ4v) is 4.02. The van der Waals surface area contributed by atoms with Gasteiger partial charge in [0.05, 0.1) is 15.5 Å². The van der Waals surface area contributed by atoms with Crippen LogP contribution in [0.2, 0.25) is 5.02 Å². The number of halogens is 4. The third-order valence-corrected chi connectivity index (χ3v) is 6.00. The Bertz CT molecular complexity index is 660. The van der Waals surface area contributed by atoms with Gasteiger partial charge in [0, 0.05) is 19.6 Å². The van der Waals surface area contributed by atoms with Gasteiger partial charge in [0.2, 0.25) is 10.0 Å². The molecular formula is C13H16ClF3N2O2S. The smallest absolute Gasteiger partial charge is 0.329 e. The summed E-state index contributed by atoms with van der Waals surface area (Å²) in [7, 11) is -2.72. The Morgan fingerprint density at radius 2 is 2.00 bits per heavy atom. The lowest BCUT2D eigenvalue weighted by Gasteiger charge is -2.26. The maximum Gasteiger partial charge on any atom is 0.417 e. The number of sulfonamides is 1. The Morgan fingerprint density at radius 1 is 1.41 bits per heavy atom. The molecule has 0 aliphatic heterocycles. The van der Waals surface area contributed by atoms with Crippen LogP contribution in [0.25, 0.3) is 0 Å². The summed E-state index contributed by atoms with van der Waals surface area (Å²) in [6.45, 7) is 0.125.